The minimum atomic E-state index is -3.90. The van der Waals surface area contributed by atoms with Gasteiger partial charge in [-0.2, -0.15) is 0 Å². The maximum atomic E-state index is 13.6. The monoisotopic (exact) mass is 347 g/mol. The molecule has 0 spiro atoms. The van der Waals surface area contributed by atoms with Crippen molar-refractivity contribution in [1.82, 2.24) is 4.72 Å². The zero-order valence-electron chi connectivity index (χ0n) is 10.8. The summed E-state index contributed by atoms with van der Waals surface area (Å²) in [5.74, 6) is -0.877. The van der Waals surface area contributed by atoms with Crippen LogP contribution < -0.4 is 4.72 Å². The second-order valence-electron chi connectivity index (χ2n) is 4.35. The van der Waals surface area contributed by atoms with Gasteiger partial charge in [-0.05, 0) is 42.3 Å². The Morgan fingerprint density at radius 1 is 1.05 bits per heavy atom. The van der Waals surface area contributed by atoms with Crippen LogP contribution in [0.5, 0.6) is 0 Å². The van der Waals surface area contributed by atoms with Gasteiger partial charge in [0.05, 0.1) is 0 Å². The predicted octanol–water partition coefficient (Wildman–Crippen LogP) is 3.65. The number of hydrogen-bond acceptors (Lipinski definition) is 2. The average Bonchev–Trinajstić information content (AvgIpc) is 2.38. The van der Waals surface area contributed by atoms with E-state index in [2.05, 4.69) is 4.72 Å². The van der Waals surface area contributed by atoms with E-state index in [1.165, 1.54) is 6.07 Å². The van der Waals surface area contributed by atoms with E-state index in [0.717, 1.165) is 17.7 Å². The van der Waals surface area contributed by atoms with E-state index in [4.69, 9.17) is 23.2 Å². The third kappa shape index (κ3) is 4.41. The summed E-state index contributed by atoms with van der Waals surface area (Å²) in [5.41, 5.74) is 0.891. The largest absolute Gasteiger partial charge is 0.243 e. The first-order chi connectivity index (χ1) is 9.88. The summed E-state index contributed by atoms with van der Waals surface area (Å²) in [5, 5.41) is 0.726. The summed E-state index contributed by atoms with van der Waals surface area (Å²) in [7, 11) is -3.90. The third-order valence-electron chi connectivity index (χ3n) is 2.78. The molecule has 2 aromatic rings. The number of rotatable bonds is 5. The zero-order valence-corrected chi connectivity index (χ0v) is 13.1. The second kappa shape index (κ2) is 6.75. The van der Waals surface area contributed by atoms with Gasteiger partial charge in [0.25, 0.3) is 0 Å². The Morgan fingerprint density at radius 2 is 1.76 bits per heavy atom. The Bertz CT molecular complexity index is 750. The molecule has 0 aromatic heterocycles. The van der Waals surface area contributed by atoms with Crippen LogP contribution in [0.2, 0.25) is 10.0 Å². The number of benzene rings is 2. The van der Waals surface area contributed by atoms with Crippen molar-refractivity contribution < 1.29 is 12.8 Å². The van der Waals surface area contributed by atoms with E-state index in [1.807, 2.05) is 6.07 Å². The highest BCUT2D eigenvalue weighted by atomic mass is 35.5. The summed E-state index contributed by atoms with van der Waals surface area (Å²) in [6.07, 6.45) is 0.453. The van der Waals surface area contributed by atoms with Gasteiger partial charge in [-0.25, -0.2) is 17.5 Å². The minimum Gasteiger partial charge on any atom is -0.211 e. The Balaban J connectivity index is 2.05. The highest BCUT2D eigenvalue weighted by molar-refractivity contribution is 7.89. The minimum absolute atomic E-state index is 0.144. The van der Waals surface area contributed by atoms with Crippen LogP contribution in [0.4, 0.5) is 4.39 Å². The van der Waals surface area contributed by atoms with E-state index in [0.29, 0.717) is 11.4 Å². The molecule has 112 valence electrons. The lowest BCUT2D eigenvalue weighted by Crippen LogP contribution is -2.26. The van der Waals surface area contributed by atoms with Crippen molar-refractivity contribution in [2.45, 2.75) is 11.3 Å². The molecular formula is C14H12Cl2FNO2S. The zero-order chi connectivity index (χ0) is 15.5. The van der Waals surface area contributed by atoms with Crippen molar-refractivity contribution in [3.8, 4) is 0 Å². The molecule has 7 heteroatoms. The molecule has 1 N–H and O–H groups in total. The number of halogens is 3. The summed E-state index contributed by atoms with van der Waals surface area (Å²) in [4.78, 5) is -0.419. The highest BCUT2D eigenvalue weighted by Crippen LogP contribution is 2.19. The smallest absolute Gasteiger partial charge is 0.211 e. The number of hydrogen-bond donors (Lipinski definition) is 1. The van der Waals surface area contributed by atoms with Gasteiger partial charge >= 0.3 is 0 Å². The Labute approximate surface area is 132 Å². The van der Waals surface area contributed by atoms with Crippen LogP contribution in [-0.2, 0) is 16.4 Å². The molecule has 0 bridgehead atoms. The highest BCUT2D eigenvalue weighted by Gasteiger charge is 2.18. The summed E-state index contributed by atoms with van der Waals surface area (Å²) in [6, 6.07) is 10.5. The van der Waals surface area contributed by atoms with E-state index in [-0.39, 0.29) is 11.6 Å². The number of nitrogens with one attached hydrogen (secondary N) is 1. The Kier molecular flexibility index (Phi) is 5.22. The summed E-state index contributed by atoms with van der Waals surface area (Å²) >= 11 is 11.4. The summed E-state index contributed by atoms with van der Waals surface area (Å²) in [6.45, 7) is 0.144. The van der Waals surface area contributed by atoms with Crippen molar-refractivity contribution in [1.29, 1.82) is 0 Å². The van der Waals surface area contributed by atoms with Gasteiger partial charge in [-0.15, -0.1) is 0 Å². The molecule has 0 atom stereocenters. The quantitative estimate of drug-likeness (QED) is 0.897. The normalized spacial score (nSPS) is 11.6. The maximum Gasteiger partial charge on any atom is 0.243 e. The molecule has 0 unspecified atom stereocenters. The van der Waals surface area contributed by atoms with E-state index < -0.39 is 20.7 Å². The van der Waals surface area contributed by atoms with Crippen LogP contribution in [0.3, 0.4) is 0 Å². The summed E-state index contributed by atoms with van der Waals surface area (Å²) < 4.78 is 40.0. The van der Waals surface area contributed by atoms with Gasteiger partial charge in [-0.3, -0.25) is 0 Å². The standard InChI is InChI=1S/C14H12Cl2FNO2S/c15-11-3-1-2-10(8-11)6-7-18-21(19,20)14-5-4-12(16)9-13(14)17/h1-5,8-9,18H,6-7H2. The van der Waals surface area contributed by atoms with Gasteiger partial charge in [0, 0.05) is 16.6 Å². The fourth-order valence-corrected chi connectivity index (χ4v) is 3.25. The molecule has 0 aliphatic carbocycles. The van der Waals surface area contributed by atoms with Crippen molar-refractivity contribution >= 4 is 33.2 Å². The van der Waals surface area contributed by atoms with Crippen molar-refractivity contribution in [2.75, 3.05) is 6.54 Å². The van der Waals surface area contributed by atoms with Crippen LogP contribution in [-0.4, -0.2) is 15.0 Å². The molecule has 0 aliphatic heterocycles. The van der Waals surface area contributed by atoms with Crippen molar-refractivity contribution in [3.05, 3.63) is 63.9 Å². The molecule has 0 amide bonds. The van der Waals surface area contributed by atoms with Gasteiger partial charge < -0.3 is 0 Å². The number of sulfonamides is 1. The maximum absolute atomic E-state index is 13.6. The lowest BCUT2D eigenvalue weighted by molar-refractivity contribution is 0.557. The second-order valence-corrected chi connectivity index (χ2v) is 6.96. The third-order valence-corrected chi connectivity index (χ3v) is 4.74. The van der Waals surface area contributed by atoms with Crippen LogP contribution in [0, 0.1) is 5.82 Å². The first-order valence-corrected chi connectivity index (χ1v) is 8.31. The fourth-order valence-electron chi connectivity index (χ4n) is 1.79. The molecule has 0 heterocycles. The van der Waals surface area contributed by atoms with Crippen LogP contribution >= 0.6 is 23.2 Å². The molecular weight excluding hydrogens is 336 g/mol. The molecule has 0 aliphatic rings. The molecule has 2 aromatic carbocycles. The van der Waals surface area contributed by atoms with Gasteiger partial charge in [0.2, 0.25) is 10.0 Å². The van der Waals surface area contributed by atoms with Crippen molar-refractivity contribution in [3.63, 3.8) is 0 Å². The molecule has 0 radical (unpaired) electrons. The van der Waals surface area contributed by atoms with E-state index in [9.17, 15) is 12.8 Å². The molecule has 0 saturated carbocycles. The van der Waals surface area contributed by atoms with Gasteiger partial charge in [0.15, 0.2) is 0 Å². The predicted molar refractivity (Wildman–Crippen MR) is 81.8 cm³/mol. The lowest BCUT2D eigenvalue weighted by atomic mass is 10.2. The van der Waals surface area contributed by atoms with E-state index >= 15 is 0 Å². The van der Waals surface area contributed by atoms with Crippen LogP contribution in [0.15, 0.2) is 47.4 Å². The molecule has 21 heavy (non-hydrogen) atoms. The average molecular weight is 348 g/mol. The Hall–Kier alpha value is -1.14. The van der Waals surface area contributed by atoms with Crippen LogP contribution in [0.1, 0.15) is 5.56 Å². The Morgan fingerprint density at radius 3 is 2.43 bits per heavy atom. The first kappa shape index (κ1) is 16.2. The van der Waals surface area contributed by atoms with E-state index in [1.54, 1.807) is 18.2 Å². The van der Waals surface area contributed by atoms with Crippen molar-refractivity contribution in [2.24, 2.45) is 0 Å². The van der Waals surface area contributed by atoms with Crippen LogP contribution in [0.25, 0.3) is 0 Å². The topological polar surface area (TPSA) is 46.2 Å². The van der Waals surface area contributed by atoms with Gasteiger partial charge in [-0.1, -0.05) is 35.3 Å². The SMILES string of the molecule is O=S(=O)(NCCc1cccc(Cl)c1)c1ccc(Cl)cc1F. The lowest BCUT2D eigenvalue weighted by Gasteiger charge is -2.08. The molecule has 0 saturated heterocycles. The first-order valence-electron chi connectivity index (χ1n) is 6.08. The molecule has 3 nitrogen and oxygen atoms in total. The fraction of sp³-hybridized carbons (Fsp3) is 0.143. The van der Waals surface area contributed by atoms with Gasteiger partial charge in [0.1, 0.15) is 10.7 Å². The molecule has 2 rings (SSSR count). The molecule has 0 fully saturated rings.